The zero-order chi connectivity index (χ0) is 11.4. The van der Waals surface area contributed by atoms with Crippen LogP contribution in [0.2, 0.25) is 0 Å². The van der Waals surface area contributed by atoms with E-state index in [1.165, 1.54) is 18.6 Å². The Bertz CT molecular complexity index is 487. The molecule has 0 aliphatic rings. The Labute approximate surface area is 99.3 Å². The fourth-order valence-electron chi connectivity index (χ4n) is 0.959. The van der Waals surface area contributed by atoms with Gasteiger partial charge in [0.25, 0.3) is 5.91 Å². The number of nitrogens with zero attached hydrogens (tertiary/aromatic N) is 4. The maximum absolute atomic E-state index is 11.6. The summed E-state index contributed by atoms with van der Waals surface area (Å²) in [5.74, 6) is -0.172. The number of amides is 1. The highest BCUT2D eigenvalue weighted by Gasteiger charge is 2.08. The molecule has 0 fully saturated rings. The standard InChI is InChI=1S/C9H6BrN5O/c10-6-3-13-9(14-4-6)15-8(16)7-5-11-1-2-12-7/h1-5H,(H,13,14,15,16). The van der Waals surface area contributed by atoms with Crippen LogP contribution in [-0.2, 0) is 0 Å². The van der Waals surface area contributed by atoms with Gasteiger partial charge in [0.15, 0.2) is 0 Å². The highest BCUT2D eigenvalue weighted by Crippen LogP contribution is 2.07. The Morgan fingerprint density at radius 1 is 1.12 bits per heavy atom. The minimum Gasteiger partial charge on any atom is -0.289 e. The summed E-state index contributed by atoms with van der Waals surface area (Å²) < 4.78 is 0.741. The summed E-state index contributed by atoms with van der Waals surface area (Å²) in [6.45, 7) is 0. The number of carbonyl (C=O) groups excluding carboxylic acids is 1. The number of nitrogens with one attached hydrogen (secondary N) is 1. The van der Waals surface area contributed by atoms with Crippen LogP contribution in [0.5, 0.6) is 0 Å². The number of carbonyl (C=O) groups is 1. The van der Waals surface area contributed by atoms with Crippen molar-refractivity contribution in [1.29, 1.82) is 0 Å². The first-order valence-electron chi connectivity index (χ1n) is 4.30. The largest absolute Gasteiger partial charge is 0.289 e. The predicted molar refractivity (Wildman–Crippen MR) is 59.7 cm³/mol. The van der Waals surface area contributed by atoms with Crippen molar-refractivity contribution in [2.24, 2.45) is 0 Å². The number of anilines is 1. The molecule has 1 amide bonds. The monoisotopic (exact) mass is 279 g/mol. The number of hydrogen-bond acceptors (Lipinski definition) is 5. The van der Waals surface area contributed by atoms with E-state index in [-0.39, 0.29) is 11.6 Å². The van der Waals surface area contributed by atoms with Gasteiger partial charge >= 0.3 is 0 Å². The molecule has 2 aromatic rings. The van der Waals surface area contributed by atoms with Crippen molar-refractivity contribution in [2.75, 3.05) is 5.32 Å². The van der Waals surface area contributed by atoms with Crippen LogP contribution in [0.3, 0.4) is 0 Å². The van der Waals surface area contributed by atoms with Crippen molar-refractivity contribution in [3.63, 3.8) is 0 Å². The summed E-state index contributed by atoms with van der Waals surface area (Å²) in [4.78, 5) is 27.0. The van der Waals surface area contributed by atoms with Crippen molar-refractivity contribution in [3.8, 4) is 0 Å². The molecule has 0 radical (unpaired) electrons. The molecule has 0 aromatic carbocycles. The second-order valence-electron chi connectivity index (χ2n) is 2.77. The van der Waals surface area contributed by atoms with Crippen LogP contribution in [-0.4, -0.2) is 25.8 Å². The zero-order valence-electron chi connectivity index (χ0n) is 7.96. The van der Waals surface area contributed by atoms with Crippen molar-refractivity contribution < 1.29 is 4.79 Å². The Kier molecular flexibility index (Phi) is 3.16. The Morgan fingerprint density at radius 2 is 1.88 bits per heavy atom. The molecule has 7 heteroatoms. The number of rotatable bonds is 2. The third kappa shape index (κ3) is 2.57. The average molecular weight is 280 g/mol. The number of halogens is 1. The van der Waals surface area contributed by atoms with Gasteiger partial charge in [0.2, 0.25) is 5.95 Å². The number of hydrogen-bond donors (Lipinski definition) is 1. The van der Waals surface area contributed by atoms with E-state index in [1.807, 2.05) is 0 Å². The van der Waals surface area contributed by atoms with Gasteiger partial charge in [-0.3, -0.25) is 15.1 Å². The smallest absolute Gasteiger partial charge is 0.278 e. The lowest BCUT2D eigenvalue weighted by Gasteiger charge is -2.01. The summed E-state index contributed by atoms with van der Waals surface area (Å²) in [6.07, 6.45) is 7.39. The van der Waals surface area contributed by atoms with E-state index in [0.29, 0.717) is 0 Å². The van der Waals surface area contributed by atoms with Crippen LogP contribution in [0.25, 0.3) is 0 Å². The normalized spacial score (nSPS) is 9.81. The second-order valence-corrected chi connectivity index (χ2v) is 3.69. The molecule has 0 atom stereocenters. The molecule has 0 unspecified atom stereocenters. The van der Waals surface area contributed by atoms with Crippen LogP contribution >= 0.6 is 15.9 Å². The Morgan fingerprint density at radius 3 is 2.50 bits per heavy atom. The lowest BCUT2D eigenvalue weighted by atomic mass is 10.4. The van der Waals surface area contributed by atoms with Crippen molar-refractivity contribution in [1.82, 2.24) is 19.9 Å². The van der Waals surface area contributed by atoms with Crippen molar-refractivity contribution >= 4 is 27.8 Å². The van der Waals surface area contributed by atoms with Gasteiger partial charge in [-0.05, 0) is 15.9 Å². The van der Waals surface area contributed by atoms with Crippen LogP contribution in [0, 0.1) is 0 Å². The lowest BCUT2D eigenvalue weighted by molar-refractivity contribution is 0.102. The van der Waals surface area contributed by atoms with Crippen LogP contribution in [0.1, 0.15) is 10.5 Å². The molecule has 80 valence electrons. The first-order valence-corrected chi connectivity index (χ1v) is 5.10. The van der Waals surface area contributed by atoms with Crippen LogP contribution in [0.15, 0.2) is 35.5 Å². The molecule has 2 heterocycles. The summed E-state index contributed by atoms with van der Waals surface area (Å²) in [5.41, 5.74) is 0.217. The van der Waals surface area contributed by atoms with Crippen molar-refractivity contribution in [3.05, 3.63) is 41.2 Å². The zero-order valence-corrected chi connectivity index (χ0v) is 9.55. The number of aromatic nitrogens is 4. The van der Waals surface area contributed by atoms with Gasteiger partial charge in [-0.25, -0.2) is 15.0 Å². The van der Waals surface area contributed by atoms with Gasteiger partial charge in [-0.1, -0.05) is 0 Å². The van der Waals surface area contributed by atoms with Gasteiger partial charge in [0.1, 0.15) is 5.69 Å². The van der Waals surface area contributed by atoms with E-state index < -0.39 is 5.91 Å². The molecule has 2 aromatic heterocycles. The van der Waals surface area contributed by atoms with E-state index in [9.17, 15) is 4.79 Å². The molecular weight excluding hydrogens is 274 g/mol. The summed E-state index contributed by atoms with van der Waals surface area (Å²) in [6, 6.07) is 0. The first-order chi connectivity index (χ1) is 7.75. The molecule has 0 aliphatic carbocycles. The van der Waals surface area contributed by atoms with E-state index >= 15 is 0 Å². The van der Waals surface area contributed by atoms with Gasteiger partial charge in [0.05, 0.1) is 10.7 Å². The second kappa shape index (κ2) is 4.75. The SMILES string of the molecule is O=C(Nc1ncc(Br)cn1)c1cnccn1. The van der Waals surface area contributed by atoms with E-state index in [4.69, 9.17) is 0 Å². The Balaban J connectivity index is 2.11. The Hall–Kier alpha value is -1.89. The average Bonchev–Trinajstić information content (AvgIpc) is 2.33. The lowest BCUT2D eigenvalue weighted by Crippen LogP contribution is -2.15. The molecule has 0 bridgehead atoms. The summed E-state index contributed by atoms with van der Waals surface area (Å²) >= 11 is 3.20. The molecule has 2 rings (SSSR count). The third-order valence-electron chi connectivity index (χ3n) is 1.64. The minimum absolute atomic E-state index is 0.217. The maximum atomic E-state index is 11.6. The van der Waals surface area contributed by atoms with Gasteiger partial charge < -0.3 is 0 Å². The van der Waals surface area contributed by atoms with Gasteiger partial charge in [-0.15, -0.1) is 0 Å². The molecule has 6 nitrogen and oxygen atoms in total. The minimum atomic E-state index is -0.393. The molecule has 0 aliphatic heterocycles. The topological polar surface area (TPSA) is 80.7 Å². The van der Waals surface area contributed by atoms with Gasteiger partial charge in [-0.2, -0.15) is 0 Å². The molecular formula is C9H6BrN5O. The molecule has 0 saturated heterocycles. The molecule has 0 saturated carbocycles. The van der Waals surface area contributed by atoms with Crippen LogP contribution < -0.4 is 5.32 Å². The predicted octanol–water partition coefficient (Wildman–Crippen LogP) is 1.28. The van der Waals surface area contributed by atoms with E-state index in [2.05, 4.69) is 41.2 Å². The third-order valence-corrected chi connectivity index (χ3v) is 2.05. The quantitative estimate of drug-likeness (QED) is 0.896. The first kappa shape index (κ1) is 10.6. The van der Waals surface area contributed by atoms with Gasteiger partial charge in [0, 0.05) is 24.8 Å². The summed E-state index contributed by atoms with van der Waals surface area (Å²) in [7, 11) is 0. The van der Waals surface area contributed by atoms with E-state index in [1.54, 1.807) is 12.4 Å². The molecule has 16 heavy (non-hydrogen) atoms. The maximum Gasteiger partial charge on any atom is 0.278 e. The fraction of sp³-hybridized carbons (Fsp3) is 0. The highest BCUT2D eigenvalue weighted by atomic mass is 79.9. The molecule has 0 spiro atoms. The highest BCUT2D eigenvalue weighted by molar-refractivity contribution is 9.10. The van der Waals surface area contributed by atoms with Crippen molar-refractivity contribution in [2.45, 2.75) is 0 Å². The van der Waals surface area contributed by atoms with Crippen LogP contribution in [0.4, 0.5) is 5.95 Å². The fourth-order valence-corrected chi connectivity index (χ4v) is 1.16. The summed E-state index contributed by atoms with van der Waals surface area (Å²) in [5, 5.41) is 2.50. The molecule has 1 N–H and O–H groups in total. The van der Waals surface area contributed by atoms with E-state index in [0.717, 1.165) is 4.47 Å².